The molecule has 4 rings (SSSR count). The zero-order valence-electron chi connectivity index (χ0n) is 14.4. The summed E-state index contributed by atoms with van der Waals surface area (Å²) in [6.45, 7) is 1.04. The second-order valence-corrected chi connectivity index (χ2v) is 6.75. The SMILES string of the molecule is O=C(CSc1nnc(Cc2ccccc2)o1)Nc1ccc2c(c1)OCCO2. The number of rotatable bonds is 6. The van der Waals surface area contributed by atoms with Crippen molar-refractivity contribution in [3.8, 4) is 11.5 Å². The normalized spacial score (nSPS) is 12.6. The molecule has 0 fully saturated rings. The fourth-order valence-electron chi connectivity index (χ4n) is 2.58. The largest absolute Gasteiger partial charge is 0.486 e. The summed E-state index contributed by atoms with van der Waals surface area (Å²) in [6.07, 6.45) is 0.567. The van der Waals surface area contributed by atoms with Crippen LogP contribution in [0.5, 0.6) is 11.5 Å². The minimum absolute atomic E-state index is 0.167. The van der Waals surface area contributed by atoms with Crippen LogP contribution in [0.25, 0.3) is 0 Å². The first kappa shape index (κ1) is 17.4. The first-order valence-electron chi connectivity index (χ1n) is 8.45. The maximum absolute atomic E-state index is 12.2. The van der Waals surface area contributed by atoms with E-state index in [1.165, 1.54) is 11.8 Å². The lowest BCUT2D eigenvalue weighted by Gasteiger charge is -2.18. The van der Waals surface area contributed by atoms with Crippen molar-refractivity contribution in [2.75, 3.05) is 24.3 Å². The molecule has 27 heavy (non-hydrogen) atoms. The number of amides is 1. The molecule has 0 saturated carbocycles. The van der Waals surface area contributed by atoms with Crippen molar-refractivity contribution in [2.45, 2.75) is 11.6 Å². The number of carbonyl (C=O) groups is 1. The molecule has 0 bridgehead atoms. The minimum Gasteiger partial charge on any atom is -0.486 e. The van der Waals surface area contributed by atoms with E-state index in [1.54, 1.807) is 18.2 Å². The van der Waals surface area contributed by atoms with Gasteiger partial charge >= 0.3 is 0 Å². The first-order chi connectivity index (χ1) is 13.3. The molecule has 1 aliphatic rings. The number of hydrogen-bond acceptors (Lipinski definition) is 7. The predicted molar refractivity (Wildman–Crippen MR) is 100 cm³/mol. The molecule has 8 heteroatoms. The molecule has 0 unspecified atom stereocenters. The summed E-state index contributed by atoms with van der Waals surface area (Å²) >= 11 is 1.20. The van der Waals surface area contributed by atoms with Gasteiger partial charge in [-0.2, -0.15) is 0 Å². The van der Waals surface area contributed by atoms with Crippen LogP contribution < -0.4 is 14.8 Å². The Morgan fingerprint density at radius 2 is 1.85 bits per heavy atom. The molecule has 1 aromatic heterocycles. The van der Waals surface area contributed by atoms with Gasteiger partial charge in [0.2, 0.25) is 11.8 Å². The van der Waals surface area contributed by atoms with Gasteiger partial charge in [0.05, 0.1) is 12.2 Å². The second kappa shape index (κ2) is 8.13. The van der Waals surface area contributed by atoms with Crippen LogP contribution >= 0.6 is 11.8 Å². The van der Waals surface area contributed by atoms with Gasteiger partial charge in [-0.15, -0.1) is 10.2 Å². The van der Waals surface area contributed by atoms with Crippen molar-refractivity contribution in [2.24, 2.45) is 0 Å². The third-order valence-electron chi connectivity index (χ3n) is 3.80. The highest BCUT2D eigenvalue weighted by Crippen LogP contribution is 2.32. The number of carbonyl (C=O) groups excluding carboxylic acids is 1. The van der Waals surface area contributed by atoms with Crippen molar-refractivity contribution in [3.63, 3.8) is 0 Å². The van der Waals surface area contributed by atoms with Crippen LogP contribution in [0, 0.1) is 0 Å². The quantitative estimate of drug-likeness (QED) is 0.654. The van der Waals surface area contributed by atoms with Gasteiger partial charge in [0.1, 0.15) is 13.2 Å². The number of ether oxygens (including phenoxy) is 2. The van der Waals surface area contributed by atoms with Crippen LogP contribution in [0.1, 0.15) is 11.5 Å². The highest BCUT2D eigenvalue weighted by atomic mass is 32.2. The van der Waals surface area contributed by atoms with E-state index in [0.29, 0.717) is 47.9 Å². The molecule has 0 aliphatic carbocycles. The zero-order valence-corrected chi connectivity index (χ0v) is 15.2. The number of anilines is 1. The summed E-state index contributed by atoms with van der Waals surface area (Å²) < 4.78 is 16.6. The monoisotopic (exact) mass is 383 g/mol. The number of nitrogens with one attached hydrogen (secondary N) is 1. The van der Waals surface area contributed by atoms with E-state index in [0.717, 1.165) is 5.56 Å². The van der Waals surface area contributed by atoms with Gasteiger partial charge in [-0.05, 0) is 17.7 Å². The summed E-state index contributed by atoms with van der Waals surface area (Å²) in [6, 6.07) is 15.2. The van der Waals surface area contributed by atoms with E-state index in [2.05, 4.69) is 15.5 Å². The van der Waals surface area contributed by atoms with E-state index in [9.17, 15) is 4.79 Å². The highest BCUT2D eigenvalue weighted by molar-refractivity contribution is 7.99. The standard InChI is InChI=1S/C19H17N3O4S/c23-17(20-14-6-7-15-16(11-14)25-9-8-24-15)12-27-19-22-21-18(26-19)10-13-4-2-1-3-5-13/h1-7,11H,8-10,12H2,(H,20,23). The van der Waals surface area contributed by atoms with Gasteiger partial charge in [0.15, 0.2) is 11.5 Å². The van der Waals surface area contributed by atoms with E-state index < -0.39 is 0 Å². The van der Waals surface area contributed by atoms with Gasteiger partial charge < -0.3 is 19.2 Å². The molecule has 2 heterocycles. The Bertz CT molecular complexity index is 930. The predicted octanol–water partition coefficient (Wildman–Crippen LogP) is 3.16. The number of benzene rings is 2. The molecule has 0 radical (unpaired) electrons. The average molecular weight is 383 g/mol. The number of aromatic nitrogens is 2. The lowest BCUT2D eigenvalue weighted by molar-refractivity contribution is -0.113. The molecular weight excluding hydrogens is 366 g/mol. The Labute approximate surface area is 160 Å². The topological polar surface area (TPSA) is 86.5 Å². The summed E-state index contributed by atoms with van der Waals surface area (Å²) in [5.41, 5.74) is 1.74. The van der Waals surface area contributed by atoms with Crippen LogP contribution in [-0.2, 0) is 11.2 Å². The third kappa shape index (κ3) is 4.59. The summed E-state index contributed by atoms with van der Waals surface area (Å²) in [5, 5.41) is 11.2. The molecule has 2 aromatic carbocycles. The van der Waals surface area contributed by atoms with Crippen LogP contribution in [0.3, 0.4) is 0 Å². The lowest BCUT2D eigenvalue weighted by atomic mass is 10.2. The third-order valence-corrected chi connectivity index (χ3v) is 4.62. The van der Waals surface area contributed by atoms with E-state index >= 15 is 0 Å². The van der Waals surface area contributed by atoms with Gasteiger partial charge in [0.25, 0.3) is 5.22 Å². The van der Waals surface area contributed by atoms with Crippen molar-refractivity contribution in [1.82, 2.24) is 10.2 Å². The van der Waals surface area contributed by atoms with Crippen molar-refractivity contribution in [3.05, 3.63) is 60.0 Å². The van der Waals surface area contributed by atoms with Gasteiger partial charge in [-0.1, -0.05) is 42.1 Å². The fraction of sp³-hybridized carbons (Fsp3) is 0.211. The molecule has 7 nitrogen and oxygen atoms in total. The molecule has 138 valence electrons. The van der Waals surface area contributed by atoms with Gasteiger partial charge in [-0.25, -0.2) is 0 Å². The Balaban J connectivity index is 1.29. The zero-order chi connectivity index (χ0) is 18.5. The Kier molecular flexibility index (Phi) is 5.24. The molecule has 1 aliphatic heterocycles. The summed E-state index contributed by atoms with van der Waals surface area (Å²) in [7, 11) is 0. The molecule has 1 N–H and O–H groups in total. The van der Waals surface area contributed by atoms with Crippen molar-refractivity contribution in [1.29, 1.82) is 0 Å². The minimum atomic E-state index is -0.167. The lowest BCUT2D eigenvalue weighted by Crippen LogP contribution is -2.17. The van der Waals surface area contributed by atoms with Crippen molar-refractivity contribution >= 4 is 23.4 Å². The van der Waals surface area contributed by atoms with E-state index in [1.807, 2.05) is 30.3 Å². The maximum atomic E-state index is 12.2. The Hall–Kier alpha value is -3.00. The first-order valence-corrected chi connectivity index (χ1v) is 9.43. The fourth-order valence-corrected chi connectivity index (χ4v) is 3.16. The van der Waals surface area contributed by atoms with E-state index in [-0.39, 0.29) is 11.7 Å². The van der Waals surface area contributed by atoms with Gasteiger partial charge in [-0.3, -0.25) is 4.79 Å². The van der Waals surface area contributed by atoms with Gasteiger partial charge in [0, 0.05) is 11.8 Å². The molecule has 0 atom stereocenters. The van der Waals surface area contributed by atoms with E-state index in [4.69, 9.17) is 13.9 Å². The van der Waals surface area contributed by atoms with Crippen LogP contribution in [-0.4, -0.2) is 35.1 Å². The summed E-state index contributed by atoms with van der Waals surface area (Å²) in [4.78, 5) is 12.2. The smallest absolute Gasteiger partial charge is 0.277 e. The Morgan fingerprint density at radius 1 is 1.04 bits per heavy atom. The molecule has 3 aromatic rings. The molecule has 0 saturated heterocycles. The van der Waals surface area contributed by atoms with Crippen LogP contribution in [0.15, 0.2) is 58.2 Å². The number of thioether (sulfide) groups is 1. The van der Waals surface area contributed by atoms with Crippen LogP contribution in [0.2, 0.25) is 0 Å². The number of fused-ring (bicyclic) bond motifs is 1. The average Bonchev–Trinajstić information content (AvgIpc) is 3.14. The van der Waals surface area contributed by atoms with Crippen LogP contribution in [0.4, 0.5) is 5.69 Å². The number of nitrogens with zero attached hydrogens (tertiary/aromatic N) is 2. The molecule has 1 amide bonds. The summed E-state index contributed by atoms with van der Waals surface area (Å²) in [5.74, 6) is 1.84. The molecular formula is C19H17N3O4S. The maximum Gasteiger partial charge on any atom is 0.277 e. The molecule has 0 spiro atoms. The second-order valence-electron chi connectivity index (χ2n) is 5.82. The number of hydrogen-bond donors (Lipinski definition) is 1. The van der Waals surface area contributed by atoms with Crippen molar-refractivity contribution < 1.29 is 18.7 Å². The Morgan fingerprint density at radius 3 is 2.70 bits per heavy atom. The highest BCUT2D eigenvalue weighted by Gasteiger charge is 2.14.